The first-order valence-corrected chi connectivity index (χ1v) is 12.3. The number of guanidine groups is 1. The molecule has 2 fully saturated rings. The van der Waals surface area contributed by atoms with E-state index in [1.54, 1.807) is 0 Å². The molecule has 2 saturated heterocycles. The van der Waals surface area contributed by atoms with Crippen LogP contribution in [0.15, 0.2) is 35.3 Å². The Morgan fingerprint density at radius 1 is 0.938 bits per heavy atom. The van der Waals surface area contributed by atoms with Crippen molar-refractivity contribution in [2.24, 2.45) is 10.9 Å². The Bertz CT molecular complexity index is 654. The van der Waals surface area contributed by atoms with Gasteiger partial charge in [0.25, 0.3) is 0 Å². The molecule has 7 heteroatoms. The highest BCUT2D eigenvalue weighted by molar-refractivity contribution is 14.0. The van der Waals surface area contributed by atoms with Gasteiger partial charge in [-0.2, -0.15) is 0 Å². The zero-order valence-electron chi connectivity index (χ0n) is 20.7. The smallest absolute Gasteiger partial charge is 0.193 e. The number of nitrogens with zero attached hydrogens (tertiary/aromatic N) is 5. The van der Waals surface area contributed by atoms with Crippen molar-refractivity contribution < 1.29 is 0 Å². The molecule has 2 heterocycles. The maximum Gasteiger partial charge on any atom is 0.193 e. The number of halogens is 1. The maximum atomic E-state index is 4.59. The molecule has 2 unspecified atom stereocenters. The molecule has 1 aromatic carbocycles. The van der Waals surface area contributed by atoms with Gasteiger partial charge in [0, 0.05) is 78.5 Å². The third-order valence-corrected chi connectivity index (χ3v) is 6.93. The van der Waals surface area contributed by atoms with E-state index in [9.17, 15) is 0 Å². The highest BCUT2D eigenvalue weighted by Gasteiger charge is 2.25. The topological polar surface area (TPSA) is 37.4 Å². The van der Waals surface area contributed by atoms with Gasteiger partial charge >= 0.3 is 0 Å². The van der Waals surface area contributed by atoms with Crippen LogP contribution in [0.4, 0.5) is 0 Å². The minimum absolute atomic E-state index is 0. The summed E-state index contributed by atoms with van der Waals surface area (Å²) in [4.78, 5) is 14.8. The van der Waals surface area contributed by atoms with Crippen LogP contribution in [0.25, 0.3) is 0 Å². The van der Waals surface area contributed by atoms with Gasteiger partial charge in [0.2, 0.25) is 0 Å². The molecule has 0 aliphatic carbocycles. The Labute approximate surface area is 213 Å². The second-order valence-corrected chi connectivity index (χ2v) is 9.13. The van der Waals surface area contributed by atoms with Crippen LogP contribution in [0.5, 0.6) is 0 Å². The number of hydrogen-bond donors (Lipinski definition) is 1. The summed E-state index contributed by atoms with van der Waals surface area (Å²) in [6.45, 7) is 19.3. The third kappa shape index (κ3) is 7.85. The fourth-order valence-corrected chi connectivity index (χ4v) is 5.02. The molecule has 0 spiro atoms. The Morgan fingerprint density at radius 2 is 1.56 bits per heavy atom. The normalized spacial score (nSPS) is 21.1. The number of nitrogens with one attached hydrogen (secondary N) is 1. The summed E-state index contributed by atoms with van der Waals surface area (Å²) in [6.07, 6.45) is 1.15. The minimum Gasteiger partial charge on any atom is -0.356 e. The molecule has 0 aromatic heterocycles. The van der Waals surface area contributed by atoms with Gasteiger partial charge in [-0.25, -0.2) is 0 Å². The van der Waals surface area contributed by atoms with Crippen LogP contribution >= 0.6 is 24.0 Å². The second kappa shape index (κ2) is 14.4. The molecule has 3 rings (SSSR count). The molecule has 0 amide bonds. The quantitative estimate of drug-likeness (QED) is 0.303. The summed E-state index contributed by atoms with van der Waals surface area (Å²) >= 11 is 0. The summed E-state index contributed by atoms with van der Waals surface area (Å²) in [7, 11) is 1.92. The number of hydrogen-bond acceptors (Lipinski definition) is 4. The summed E-state index contributed by atoms with van der Waals surface area (Å²) in [5, 5.41) is 3.66. The molecule has 1 N–H and O–H groups in total. The number of aliphatic imine (C=N–C) groups is 1. The lowest BCUT2D eigenvalue weighted by Crippen LogP contribution is -2.54. The molecule has 182 valence electrons. The van der Waals surface area contributed by atoms with Crippen LogP contribution in [0.2, 0.25) is 0 Å². The molecular weight excluding hydrogens is 511 g/mol. The van der Waals surface area contributed by atoms with E-state index in [1.165, 1.54) is 44.8 Å². The standard InChI is InChI=1S/C25H44N6.HI/c1-5-24(23-10-8-7-9-11-23)30-16-18-31(19-17-30)25(26-4)27-20-22(3)21-29-14-12-28(6-2)13-15-29;/h7-11,22,24H,5-6,12-21H2,1-4H3,(H,26,27);1H. The van der Waals surface area contributed by atoms with E-state index >= 15 is 0 Å². The number of rotatable bonds is 8. The molecule has 0 bridgehead atoms. The van der Waals surface area contributed by atoms with Gasteiger partial charge in [0.15, 0.2) is 5.96 Å². The first-order valence-electron chi connectivity index (χ1n) is 12.3. The lowest BCUT2D eigenvalue weighted by Gasteiger charge is -2.40. The van der Waals surface area contributed by atoms with Gasteiger partial charge in [-0.15, -0.1) is 24.0 Å². The predicted octanol–water partition coefficient (Wildman–Crippen LogP) is 3.22. The summed E-state index contributed by atoms with van der Waals surface area (Å²) in [5.74, 6) is 1.68. The van der Waals surface area contributed by atoms with Crippen molar-refractivity contribution in [3.8, 4) is 0 Å². The first kappa shape index (κ1) is 27.3. The fraction of sp³-hybridized carbons (Fsp3) is 0.720. The average Bonchev–Trinajstić information content (AvgIpc) is 2.82. The van der Waals surface area contributed by atoms with E-state index in [4.69, 9.17) is 0 Å². The van der Waals surface area contributed by atoms with Gasteiger partial charge < -0.3 is 20.0 Å². The molecule has 6 nitrogen and oxygen atoms in total. The zero-order chi connectivity index (χ0) is 22.1. The van der Waals surface area contributed by atoms with Crippen molar-refractivity contribution in [2.75, 3.05) is 79.0 Å². The molecule has 0 radical (unpaired) electrons. The lowest BCUT2D eigenvalue weighted by molar-refractivity contribution is 0.122. The van der Waals surface area contributed by atoms with Crippen LogP contribution < -0.4 is 5.32 Å². The molecular formula is C25H45IN6. The number of piperazine rings is 2. The van der Waals surface area contributed by atoms with Crippen LogP contribution in [-0.4, -0.2) is 105 Å². The van der Waals surface area contributed by atoms with Gasteiger partial charge in [-0.1, -0.05) is 51.1 Å². The van der Waals surface area contributed by atoms with E-state index in [-0.39, 0.29) is 24.0 Å². The molecule has 0 saturated carbocycles. The van der Waals surface area contributed by atoms with E-state index in [0.717, 1.165) is 45.1 Å². The highest BCUT2D eigenvalue weighted by atomic mass is 127. The van der Waals surface area contributed by atoms with Crippen molar-refractivity contribution in [2.45, 2.75) is 33.2 Å². The molecule has 32 heavy (non-hydrogen) atoms. The van der Waals surface area contributed by atoms with Crippen molar-refractivity contribution in [1.29, 1.82) is 0 Å². The lowest BCUT2D eigenvalue weighted by atomic mass is 10.0. The Hall–Kier alpha value is -0.900. The summed E-state index contributed by atoms with van der Waals surface area (Å²) in [6, 6.07) is 11.5. The minimum atomic E-state index is 0. The monoisotopic (exact) mass is 556 g/mol. The number of benzene rings is 1. The predicted molar refractivity (Wildman–Crippen MR) is 147 cm³/mol. The molecule has 1 aromatic rings. The van der Waals surface area contributed by atoms with E-state index in [2.05, 4.69) is 81.0 Å². The Kier molecular flexibility index (Phi) is 12.3. The SMILES string of the molecule is CCC(c1ccccc1)N1CCN(C(=NC)NCC(C)CN2CCN(CC)CC2)CC1.I. The Morgan fingerprint density at radius 3 is 2.12 bits per heavy atom. The van der Waals surface area contributed by atoms with Crippen molar-refractivity contribution in [3.05, 3.63) is 35.9 Å². The van der Waals surface area contributed by atoms with Crippen LogP contribution in [0.3, 0.4) is 0 Å². The van der Waals surface area contributed by atoms with Crippen molar-refractivity contribution in [1.82, 2.24) is 24.9 Å². The van der Waals surface area contributed by atoms with Gasteiger partial charge in [0.05, 0.1) is 0 Å². The number of likely N-dealkylation sites (N-methyl/N-ethyl adjacent to an activating group) is 1. The summed E-state index contributed by atoms with van der Waals surface area (Å²) in [5.41, 5.74) is 1.44. The highest BCUT2D eigenvalue weighted by Crippen LogP contribution is 2.25. The Balaban J connectivity index is 0.00000363. The van der Waals surface area contributed by atoms with Gasteiger partial charge in [0.1, 0.15) is 0 Å². The van der Waals surface area contributed by atoms with Crippen LogP contribution in [-0.2, 0) is 0 Å². The average molecular weight is 557 g/mol. The molecule has 2 aliphatic heterocycles. The van der Waals surface area contributed by atoms with Crippen LogP contribution in [0, 0.1) is 5.92 Å². The van der Waals surface area contributed by atoms with Crippen molar-refractivity contribution in [3.63, 3.8) is 0 Å². The maximum absolute atomic E-state index is 4.59. The van der Waals surface area contributed by atoms with Gasteiger partial charge in [-0.3, -0.25) is 9.89 Å². The van der Waals surface area contributed by atoms with E-state index < -0.39 is 0 Å². The molecule has 2 atom stereocenters. The fourth-order valence-electron chi connectivity index (χ4n) is 5.02. The van der Waals surface area contributed by atoms with E-state index in [0.29, 0.717) is 12.0 Å². The van der Waals surface area contributed by atoms with Crippen LogP contribution in [0.1, 0.15) is 38.8 Å². The van der Waals surface area contributed by atoms with Crippen molar-refractivity contribution >= 4 is 29.9 Å². The van der Waals surface area contributed by atoms with Gasteiger partial charge in [-0.05, 0) is 24.4 Å². The van der Waals surface area contributed by atoms with E-state index in [1.807, 2.05) is 7.05 Å². The zero-order valence-corrected chi connectivity index (χ0v) is 23.0. The third-order valence-electron chi connectivity index (χ3n) is 6.93. The first-order chi connectivity index (χ1) is 15.1. The summed E-state index contributed by atoms with van der Waals surface area (Å²) < 4.78 is 0. The second-order valence-electron chi connectivity index (χ2n) is 9.13. The molecule has 2 aliphatic rings. The largest absolute Gasteiger partial charge is 0.356 e.